The van der Waals surface area contributed by atoms with Crippen LogP contribution >= 0.6 is 0 Å². The van der Waals surface area contributed by atoms with E-state index in [1.54, 1.807) is 0 Å². The van der Waals surface area contributed by atoms with Gasteiger partial charge in [0.05, 0.1) is 12.7 Å². The lowest BCUT2D eigenvalue weighted by Crippen LogP contribution is -2.08. The van der Waals surface area contributed by atoms with Crippen molar-refractivity contribution in [2.45, 2.75) is 90.4 Å². The summed E-state index contributed by atoms with van der Waals surface area (Å²) < 4.78 is 11.1. The van der Waals surface area contributed by atoms with E-state index in [2.05, 4.69) is 13.8 Å². The first kappa shape index (κ1) is 15.0. The molecule has 0 radical (unpaired) electrons. The van der Waals surface area contributed by atoms with Crippen molar-refractivity contribution < 1.29 is 9.47 Å². The van der Waals surface area contributed by atoms with Crippen LogP contribution < -0.4 is 0 Å². The maximum absolute atomic E-state index is 5.61. The fraction of sp³-hybridized carbons (Fsp3) is 1.00. The largest absolute Gasteiger partial charge is 0.350 e. The third-order valence-corrected chi connectivity index (χ3v) is 3.44. The molecule has 1 aliphatic heterocycles. The average molecular weight is 242 g/mol. The second kappa shape index (κ2) is 9.90. The Morgan fingerprint density at radius 3 is 2.00 bits per heavy atom. The van der Waals surface area contributed by atoms with E-state index in [0.717, 1.165) is 13.0 Å². The van der Waals surface area contributed by atoms with E-state index in [0.29, 0.717) is 6.10 Å². The van der Waals surface area contributed by atoms with Gasteiger partial charge in [0.1, 0.15) is 0 Å². The number of rotatable bonds is 10. The number of hydrogen-bond donors (Lipinski definition) is 0. The Morgan fingerprint density at radius 1 is 0.882 bits per heavy atom. The molecule has 0 aromatic rings. The monoisotopic (exact) mass is 242 g/mol. The molecule has 0 unspecified atom stereocenters. The lowest BCUT2D eigenvalue weighted by Gasteiger charge is -2.09. The van der Waals surface area contributed by atoms with Crippen molar-refractivity contribution in [3.63, 3.8) is 0 Å². The van der Waals surface area contributed by atoms with Gasteiger partial charge in [0.2, 0.25) is 0 Å². The van der Waals surface area contributed by atoms with Crippen LogP contribution in [0.1, 0.15) is 78.1 Å². The molecule has 0 aromatic carbocycles. The maximum atomic E-state index is 5.61. The van der Waals surface area contributed by atoms with Crippen LogP contribution in [0.15, 0.2) is 0 Å². The second-order valence-electron chi connectivity index (χ2n) is 5.33. The molecular weight excluding hydrogens is 212 g/mol. The molecule has 1 heterocycles. The van der Waals surface area contributed by atoms with E-state index < -0.39 is 0 Å². The first-order valence-electron chi connectivity index (χ1n) is 7.60. The fourth-order valence-corrected chi connectivity index (χ4v) is 2.35. The van der Waals surface area contributed by atoms with E-state index in [4.69, 9.17) is 9.47 Å². The van der Waals surface area contributed by atoms with Crippen molar-refractivity contribution in [2.75, 3.05) is 6.61 Å². The van der Waals surface area contributed by atoms with Crippen LogP contribution in [0.4, 0.5) is 0 Å². The molecule has 0 aromatic heterocycles. The highest BCUT2D eigenvalue weighted by atomic mass is 16.7. The van der Waals surface area contributed by atoms with E-state index in [1.165, 1.54) is 57.8 Å². The molecule has 0 spiro atoms. The Balaban J connectivity index is 1.75. The third-order valence-electron chi connectivity index (χ3n) is 3.44. The molecule has 2 atom stereocenters. The molecule has 2 nitrogen and oxygen atoms in total. The average Bonchev–Trinajstić information content (AvgIpc) is 2.73. The number of ether oxygens (including phenoxy) is 2. The van der Waals surface area contributed by atoms with Crippen molar-refractivity contribution in [1.29, 1.82) is 0 Å². The molecule has 0 aliphatic carbocycles. The first-order valence-corrected chi connectivity index (χ1v) is 7.60. The highest BCUT2D eigenvalue weighted by Crippen LogP contribution is 2.17. The van der Waals surface area contributed by atoms with Gasteiger partial charge in [-0.15, -0.1) is 0 Å². The zero-order valence-corrected chi connectivity index (χ0v) is 11.7. The predicted molar refractivity (Wildman–Crippen MR) is 72.1 cm³/mol. The number of unbranched alkanes of at least 4 members (excludes halogenated alkanes) is 8. The predicted octanol–water partition coefficient (Wildman–Crippen LogP) is 4.67. The van der Waals surface area contributed by atoms with Crippen molar-refractivity contribution in [1.82, 2.24) is 0 Å². The zero-order valence-electron chi connectivity index (χ0n) is 11.7. The molecule has 1 rings (SSSR count). The van der Waals surface area contributed by atoms with Crippen LogP contribution in [-0.2, 0) is 9.47 Å². The SMILES string of the molecule is CCCCCCCCCCC[C@H]1OC[C@H](C)O1. The van der Waals surface area contributed by atoms with Gasteiger partial charge < -0.3 is 9.47 Å². The summed E-state index contributed by atoms with van der Waals surface area (Å²) in [5.41, 5.74) is 0. The molecule has 17 heavy (non-hydrogen) atoms. The summed E-state index contributed by atoms with van der Waals surface area (Å²) in [5.74, 6) is 0. The zero-order chi connectivity index (χ0) is 12.3. The summed E-state index contributed by atoms with van der Waals surface area (Å²) in [5, 5.41) is 0. The lowest BCUT2D eigenvalue weighted by atomic mass is 10.1. The molecular formula is C15H30O2. The number of hydrogen-bond acceptors (Lipinski definition) is 2. The molecule has 1 saturated heterocycles. The summed E-state index contributed by atoms with van der Waals surface area (Å²) in [4.78, 5) is 0. The van der Waals surface area contributed by atoms with Gasteiger partial charge in [0, 0.05) is 0 Å². The van der Waals surface area contributed by atoms with Gasteiger partial charge in [-0.3, -0.25) is 0 Å². The van der Waals surface area contributed by atoms with Crippen molar-refractivity contribution in [3.05, 3.63) is 0 Å². The summed E-state index contributed by atoms with van der Waals surface area (Å²) >= 11 is 0. The smallest absolute Gasteiger partial charge is 0.158 e. The fourth-order valence-electron chi connectivity index (χ4n) is 2.35. The summed E-state index contributed by atoms with van der Waals surface area (Å²) in [6.45, 7) is 5.13. The van der Waals surface area contributed by atoms with Crippen molar-refractivity contribution in [3.8, 4) is 0 Å². The molecule has 1 fully saturated rings. The Kier molecular flexibility index (Phi) is 8.72. The van der Waals surface area contributed by atoms with Gasteiger partial charge in [-0.2, -0.15) is 0 Å². The Hall–Kier alpha value is -0.0800. The van der Waals surface area contributed by atoms with Gasteiger partial charge in [0.25, 0.3) is 0 Å². The standard InChI is InChI=1S/C15H30O2/c1-3-4-5-6-7-8-9-10-11-12-15-16-13-14(2)17-15/h14-15H,3-13H2,1-2H3/t14-,15-/m0/s1. The Morgan fingerprint density at radius 2 is 1.47 bits per heavy atom. The second-order valence-corrected chi connectivity index (χ2v) is 5.33. The summed E-state index contributed by atoms with van der Waals surface area (Å²) in [6, 6.07) is 0. The Bertz CT molecular complexity index is 170. The molecule has 102 valence electrons. The van der Waals surface area contributed by atoms with Crippen molar-refractivity contribution >= 4 is 0 Å². The normalized spacial score (nSPS) is 24.4. The molecule has 0 amide bonds. The van der Waals surface area contributed by atoms with Crippen LogP contribution in [0.3, 0.4) is 0 Å². The van der Waals surface area contributed by atoms with Gasteiger partial charge in [0.15, 0.2) is 6.29 Å². The first-order chi connectivity index (χ1) is 8.33. The minimum Gasteiger partial charge on any atom is -0.350 e. The minimum atomic E-state index is 0.0922. The minimum absolute atomic E-state index is 0.0922. The molecule has 0 N–H and O–H groups in total. The van der Waals surface area contributed by atoms with Gasteiger partial charge in [-0.05, 0) is 19.8 Å². The molecule has 0 bridgehead atoms. The van der Waals surface area contributed by atoms with Crippen LogP contribution in [0, 0.1) is 0 Å². The van der Waals surface area contributed by atoms with Crippen LogP contribution in [0.25, 0.3) is 0 Å². The Labute approximate surface area is 107 Å². The summed E-state index contributed by atoms with van der Waals surface area (Å²) in [7, 11) is 0. The van der Waals surface area contributed by atoms with E-state index >= 15 is 0 Å². The molecule has 0 saturated carbocycles. The van der Waals surface area contributed by atoms with E-state index in [-0.39, 0.29) is 6.29 Å². The molecule has 2 heteroatoms. The van der Waals surface area contributed by atoms with Crippen molar-refractivity contribution in [2.24, 2.45) is 0 Å². The lowest BCUT2D eigenvalue weighted by molar-refractivity contribution is -0.0604. The van der Waals surface area contributed by atoms with Gasteiger partial charge in [-0.25, -0.2) is 0 Å². The topological polar surface area (TPSA) is 18.5 Å². The van der Waals surface area contributed by atoms with Gasteiger partial charge >= 0.3 is 0 Å². The van der Waals surface area contributed by atoms with E-state index in [9.17, 15) is 0 Å². The van der Waals surface area contributed by atoms with Crippen LogP contribution in [0.5, 0.6) is 0 Å². The van der Waals surface area contributed by atoms with Crippen LogP contribution in [-0.4, -0.2) is 19.0 Å². The highest BCUT2D eigenvalue weighted by Gasteiger charge is 2.21. The van der Waals surface area contributed by atoms with Crippen LogP contribution in [0.2, 0.25) is 0 Å². The van der Waals surface area contributed by atoms with E-state index in [1.807, 2.05) is 0 Å². The third kappa shape index (κ3) is 7.77. The van der Waals surface area contributed by atoms with Gasteiger partial charge in [-0.1, -0.05) is 58.3 Å². The molecule has 1 aliphatic rings. The maximum Gasteiger partial charge on any atom is 0.158 e. The highest BCUT2D eigenvalue weighted by molar-refractivity contribution is 4.60. The quantitative estimate of drug-likeness (QED) is 0.518. The summed E-state index contributed by atoms with van der Waals surface area (Å²) in [6.07, 6.45) is 13.9.